The second-order valence-electron chi connectivity index (χ2n) is 7.19. The van der Waals surface area contributed by atoms with Crippen LogP contribution in [0.3, 0.4) is 0 Å². The zero-order valence-corrected chi connectivity index (χ0v) is 18.0. The van der Waals surface area contributed by atoms with Crippen molar-refractivity contribution in [1.82, 2.24) is 19.1 Å². The minimum Gasteiger partial charge on any atom is -0.325 e. The molecule has 0 atom stereocenters. The van der Waals surface area contributed by atoms with E-state index in [-0.39, 0.29) is 23.3 Å². The van der Waals surface area contributed by atoms with Crippen molar-refractivity contribution in [2.75, 3.05) is 5.32 Å². The van der Waals surface area contributed by atoms with Crippen molar-refractivity contribution in [2.45, 2.75) is 19.3 Å². The van der Waals surface area contributed by atoms with Gasteiger partial charge in [-0.1, -0.05) is 17.7 Å². The van der Waals surface area contributed by atoms with E-state index in [0.29, 0.717) is 11.8 Å². The molecule has 1 N–H and O–H groups in total. The van der Waals surface area contributed by atoms with Crippen molar-refractivity contribution in [2.24, 2.45) is 0 Å². The smallest absolute Gasteiger partial charge is 0.325 e. The number of benzene rings is 1. The van der Waals surface area contributed by atoms with Gasteiger partial charge in [0.15, 0.2) is 5.52 Å². The van der Waals surface area contributed by atoms with Gasteiger partial charge in [0.25, 0.3) is 5.56 Å². The highest BCUT2D eigenvalue weighted by Crippen LogP contribution is 2.36. The summed E-state index contributed by atoms with van der Waals surface area (Å²) in [5.74, 6) is -0.786. The first kappa shape index (κ1) is 23.2. The van der Waals surface area contributed by atoms with Crippen LogP contribution in [-0.4, -0.2) is 25.0 Å². The fraction of sp³-hybridized carbons (Fsp3) is 0.136. The molecule has 4 rings (SSSR count). The summed E-state index contributed by atoms with van der Waals surface area (Å²) in [6, 6.07) is 10.9. The van der Waals surface area contributed by atoms with Crippen LogP contribution in [0, 0.1) is 0 Å². The summed E-state index contributed by atoms with van der Waals surface area (Å²) in [6.45, 7) is -0.730. The Kier molecular flexibility index (Phi) is 6.20. The number of nitrogens with one attached hydrogen (secondary N) is 1. The summed E-state index contributed by atoms with van der Waals surface area (Å²) in [6.07, 6.45) is -1.83. The second kappa shape index (κ2) is 9.10. The molecule has 4 aromatic rings. The third-order valence-electron chi connectivity index (χ3n) is 4.89. The quantitative estimate of drug-likeness (QED) is 0.464. The molecule has 0 saturated carbocycles. The Morgan fingerprint density at radius 3 is 2.47 bits per heavy atom. The maximum atomic E-state index is 13.2. The predicted molar refractivity (Wildman–Crippen MR) is 119 cm³/mol. The number of hydrogen-bond donors (Lipinski definition) is 1. The van der Waals surface area contributed by atoms with Crippen LogP contribution in [0.2, 0.25) is 5.02 Å². The first-order chi connectivity index (χ1) is 16.1. The molecular weight excluding hydrogens is 475 g/mol. The van der Waals surface area contributed by atoms with Gasteiger partial charge >= 0.3 is 11.9 Å². The summed E-state index contributed by atoms with van der Waals surface area (Å²) < 4.78 is 41.3. The van der Waals surface area contributed by atoms with Crippen molar-refractivity contribution >= 4 is 34.2 Å². The number of aromatic nitrogens is 4. The van der Waals surface area contributed by atoms with Gasteiger partial charge in [0.1, 0.15) is 6.54 Å². The highest BCUT2D eigenvalue weighted by Gasteiger charge is 2.33. The molecule has 3 aromatic heterocycles. The average molecular weight is 490 g/mol. The molecule has 0 saturated heterocycles. The average Bonchev–Trinajstić information content (AvgIpc) is 2.80. The van der Waals surface area contributed by atoms with Gasteiger partial charge < -0.3 is 5.32 Å². The third kappa shape index (κ3) is 4.69. The zero-order valence-electron chi connectivity index (χ0n) is 17.2. The molecule has 34 heavy (non-hydrogen) atoms. The van der Waals surface area contributed by atoms with E-state index in [9.17, 15) is 27.6 Å². The van der Waals surface area contributed by atoms with Crippen molar-refractivity contribution in [3.05, 3.63) is 98.0 Å². The van der Waals surface area contributed by atoms with Crippen LogP contribution < -0.4 is 16.6 Å². The van der Waals surface area contributed by atoms with Gasteiger partial charge in [-0.3, -0.25) is 23.7 Å². The maximum Gasteiger partial charge on any atom is 0.417 e. The van der Waals surface area contributed by atoms with E-state index < -0.39 is 40.5 Å². The number of nitrogens with zero attached hydrogens (tertiary/aromatic N) is 4. The number of carbonyl (C=O) groups is 1. The van der Waals surface area contributed by atoms with Gasteiger partial charge in [0, 0.05) is 18.1 Å². The van der Waals surface area contributed by atoms with Crippen LogP contribution in [-0.2, 0) is 24.1 Å². The van der Waals surface area contributed by atoms with E-state index in [1.807, 2.05) is 0 Å². The minimum atomic E-state index is -4.71. The lowest BCUT2D eigenvalue weighted by molar-refractivity contribution is -0.137. The normalized spacial score (nSPS) is 11.5. The Labute approximate surface area is 194 Å². The first-order valence-corrected chi connectivity index (χ1v) is 10.2. The molecule has 1 amide bonds. The fourth-order valence-electron chi connectivity index (χ4n) is 3.35. The molecule has 0 bridgehead atoms. The molecule has 0 fully saturated rings. The van der Waals surface area contributed by atoms with Crippen LogP contribution in [0.5, 0.6) is 0 Å². The fourth-order valence-corrected chi connectivity index (χ4v) is 3.58. The Morgan fingerprint density at radius 2 is 1.76 bits per heavy atom. The van der Waals surface area contributed by atoms with E-state index in [0.717, 1.165) is 15.2 Å². The molecule has 1 aromatic carbocycles. The van der Waals surface area contributed by atoms with E-state index in [1.165, 1.54) is 30.6 Å². The lowest BCUT2D eigenvalue weighted by Gasteiger charge is -2.14. The molecule has 12 heteroatoms. The molecule has 0 spiro atoms. The monoisotopic (exact) mass is 489 g/mol. The van der Waals surface area contributed by atoms with Gasteiger partial charge in [-0.05, 0) is 42.5 Å². The topological polar surface area (TPSA) is 98.9 Å². The second-order valence-corrected chi connectivity index (χ2v) is 7.60. The van der Waals surface area contributed by atoms with Gasteiger partial charge in [0.2, 0.25) is 5.91 Å². The number of hydrogen-bond acceptors (Lipinski definition) is 5. The lowest BCUT2D eigenvalue weighted by atomic mass is 10.2. The summed E-state index contributed by atoms with van der Waals surface area (Å²) in [5.41, 5.74) is -2.21. The van der Waals surface area contributed by atoms with Crippen LogP contribution in [0.1, 0.15) is 11.3 Å². The van der Waals surface area contributed by atoms with Crippen molar-refractivity contribution in [3.63, 3.8) is 0 Å². The van der Waals surface area contributed by atoms with E-state index >= 15 is 0 Å². The Bertz CT molecular complexity index is 1500. The Balaban J connectivity index is 1.71. The van der Waals surface area contributed by atoms with Crippen molar-refractivity contribution < 1.29 is 18.0 Å². The molecule has 8 nitrogen and oxygen atoms in total. The standard InChI is InChI=1S/C22H15ClF3N5O3/c23-16-7-6-13(10-15(16)22(24,25)26)29-18(32)12-30-17-5-3-9-28-19(17)20(33)31(21(30)34)11-14-4-1-2-8-27-14/h1-10H,11-12H2,(H,29,32). The van der Waals surface area contributed by atoms with E-state index in [1.54, 1.807) is 18.2 Å². The van der Waals surface area contributed by atoms with Gasteiger partial charge in [-0.15, -0.1) is 0 Å². The van der Waals surface area contributed by atoms with Gasteiger partial charge in [-0.2, -0.15) is 13.2 Å². The van der Waals surface area contributed by atoms with E-state index in [4.69, 9.17) is 11.6 Å². The number of halogens is 4. The Hall–Kier alpha value is -3.99. The van der Waals surface area contributed by atoms with Gasteiger partial charge in [-0.25, -0.2) is 9.78 Å². The predicted octanol–water partition coefficient (Wildman–Crippen LogP) is 3.31. The molecular formula is C22H15ClF3N5O3. The molecule has 0 aliphatic heterocycles. The molecule has 0 aliphatic rings. The van der Waals surface area contributed by atoms with Crippen molar-refractivity contribution in [1.29, 1.82) is 0 Å². The largest absolute Gasteiger partial charge is 0.417 e. The maximum absolute atomic E-state index is 13.2. The summed E-state index contributed by atoms with van der Waals surface area (Å²) >= 11 is 5.61. The number of rotatable bonds is 5. The number of fused-ring (bicyclic) bond motifs is 1. The Morgan fingerprint density at radius 1 is 1.00 bits per heavy atom. The van der Waals surface area contributed by atoms with Crippen LogP contribution >= 0.6 is 11.6 Å². The highest BCUT2D eigenvalue weighted by atomic mass is 35.5. The zero-order chi connectivity index (χ0) is 24.5. The minimum absolute atomic E-state index is 0.0447. The molecule has 0 unspecified atom stereocenters. The molecule has 0 aliphatic carbocycles. The third-order valence-corrected chi connectivity index (χ3v) is 5.22. The van der Waals surface area contributed by atoms with Crippen LogP contribution in [0.15, 0.2) is 70.5 Å². The van der Waals surface area contributed by atoms with Gasteiger partial charge in [0.05, 0.1) is 28.3 Å². The van der Waals surface area contributed by atoms with E-state index in [2.05, 4.69) is 15.3 Å². The number of carbonyl (C=O) groups excluding carboxylic acids is 1. The van der Waals surface area contributed by atoms with Crippen LogP contribution in [0.4, 0.5) is 18.9 Å². The summed E-state index contributed by atoms with van der Waals surface area (Å²) in [4.78, 5) is 46.9. The molecule has 0 radical (unpaired) electrons. The number of pyridine rings is 2. The molecule has 174 valence electrons. The number of alkyl halides is 3. The number of anilines is 1. The summed E-state index contributed by atoms with van der Waals surface area (Å²) in [7, 11) is 0. The van der Waals surface area contributed by atoms with Crippen LogP contribution in [0.25, 0.3) is 11.0 Å². The highest BCUT2D eigenvalue weighted by molar-refractivity contribution is 6.31. The number of amides is 1. The summed E-state index contributed by atoms with van der Waals surface area (Å²) in [5, 5.41) is 1.81. The SMILES string of the molecule is O=C(Cn1c(=O)n(Cc2ccccn2)c(=O)c2ncccc21)Nc1ccc(Cl)c(C(F)(F)F)c1. The lowest BCUT2D eigenvalue weighted by Crippen LogP contribution is -2.42. The molecule has 3 heterocycles. The van der Waals surface area contributed by atoms with Crippen molar-refractivity contribution in [3.8, 4) is 0 Å². The first-order valence-electron chi connectivity index (χ1n) is 9.80.